The van der Waals surface area contributed by atoms with Crippen LogP contribution >= 0.6 is 0 Å². The van der Waals surface area contributed by atoms with Crippen LogP contribution in [-0.2, 0) is 9.53 Å². The molecule has 1 aliphatic rings. The molecule has 1 fully saturated rings. The van der Waals surface area contributed by atoms with Crippen LogP contribution in [0.5, 0.6) is 0 Å². The lowest BCUT2D eigenvalue weighted by Gasteiger charge is -2.03. The largest absolute Gasteiger partial charge is 0.468 e. The van der Waals surface area contributed by atoms with Gasteiger partial charge in [0.05, 0.1) is 7.11 Å². The molecular weight excluding hydrogens is 154 g/mol. The molecule has 1 saturated carbocycles. The van der Waals surface area contributed by atoms with Crippen molar-refractivity contribution in [3.63, 3.8) is 0 Å². The number of methoxy groups -OCH3 is 1. The number of esters is 1. The summed E-state index contributed by atoms with van der Waals surface area (Å²) in [6.07, 6.45) is 2.80. The highest BCUT2D eigenvalue weighted by atomic mass is 16.5. The second kappa shape index (κ2) is 4.13. The molecule has 0 radical (unpaired) electrons. The summed E-state index contributed by atoms with van der Waals surface area (Å²) in [5.41, 5.74) is 5.46. The van der Waals surface area contributed by atoms with Gasteiger partial charge in [-0.05, 0) is 12.8 Å². The van der Waals surface area contributed by atoms with Gasteiger partial charge in [-0.2, -0.15) is 0 Å². The summed E-state index contributed by atoms with van der Waals surface area (Å²) < 4.78 is 4.45. The molecule has 1 atom stereocenters. The first-order valence-corrected chi connectivity index (χ1v) is 4.06. The van der Waals surface area contributed by atoms with Crippen LogP contribution in [-0.4, -0.2) is 19.1 Å². The van der Waals surface area contributed by atoms with Crippen molar-refractivity contribution in [3.05, 3.63) is 0 Å². The molecular formula is C9H13NO2. The first-order valence-electron chi connectivity index (χ1n) is 4.06. The van der Waals surface area contributed by atoms with E-state index in [1.807, 2.05) is 0 Å². The molecule has 0 bridgehead atoms. The molecule has 0 aliphatic heterocycles. The maximum Gasteiger partial charge on any atom is 0.323 e. The third kappa shape index (κ3) is 2.93. The fourth-order valence-electron chi connectivity index (χ4n) is 0.776. The predicted octanol–water partition coefficient (Wildman–Crippen LogP) is 0.290. The molecule has 0 amide bonds. The summed E-state index contributed by atoms with van der Waals surface area (Å²) in [5, 5.41) is 0. The van der Waals surface area contributed by atoms with Crippen LogP contribution in [0.15, 0.2) is 0 Å². The lowest BCUT2D eigenvalue weighted by Crippen LogP contribution is -2.30. The number of hydrogen-bond acceptors (Lipinski definition) is 3. The number of hydrogen-bond donors (Lipinski definition) is 1. The third-order valence-corrected chi connectivity index (χ3v) is 1.71. The predicted molar refractivity (Wildman–Crippen MR) is 45.1 cm³/mol. The van der Waals surface area contributed by atoms with Gasteiger partial charge < -0.3 is 10.5 Å². The van der Waals surface area contributed by atoms with Gasteiger partial charge in [0.15, 0.2) is 0 Å². The van der Waals surface area contributed by atoms with Gasteiger partial charge in [0, 0.05) is 12.3 Å². The Morgan fingerprint density at radius 2 is 2.42 bits per heavy atom. The van der Waals surface area contributed by atoms with E-state index in [-0.39, 0.29) is 5.97 Å². The van der Waals surface area contributed by atoms with E-state index < -0.39 is 6.04 Å². The average molecular weight is 167 g/mol. The van der Waals surface area contributed by atoms with Crippen LogP contribution in [0.3, 0.4) is 0 Å². The second-order valence-corrected chi connectivity index (χ2v) is 2.93. The van der Waals surface area contributed by atoms with Crippen molar-refractivity contribution in [2.45, 2.75) is 25.3 Å². The van der Waals surface area contributed by atoms with Crippen molar-refractivity contribution >= 4 is 5.97 Å². The molecule has 3 nitrogen and oxygen atoms in total. The van der Waals surface area contributed by atoms with Crippen LogP contribution in [0.4, 0.5) is 0 Å². The van der Waals surface area contributed by atoms with Crippen LogP contribution < -0.4 is 5.73 Å². The fraction of sp³-hybridized carbons (Fsp3) is 0.667. The number of nitrogens with two attached hydrogens (primary N) is 1. The monoisotopic (exact) mass is 167 g/mol. The minimum atomic E-state index is -0.582. The van der Waals surface area contributed by atoms with Gasteiger partial charge in [-0.25, -0.2) is 0 Å². The van der Waals surface area contributed by atoms with E-state index in [2.05, 4.69) is 16.6 Å². The maximum atomic E-state index is 10.8. The summed E-state index contributed by atoms with van der Waals surface area (Å²) in [6, 6.07) is -0.582. The highest BCUT2D eigenvalue weighted by molar-refractivity contribution is 5.75. The Balaban J connectivity index is 2.21. The van der Waals surface area contributed by atoms with E-state index in [9.17, 15) is 4.79 Å². The first-order chi connectivity index (χ1) is 5.74. The van der Waals surface area contributed by atoms with Crippen LogP contribution in [0.1, 0.15) is 19.3 Å². The third-order valence-electron chi connectivity index (χ3n) is 1.71. The van der Waals surface area contributed by atoms with Crippen molar-refractivity contribution in [2.24, 2.45) is 11.7 Å². The molecule has 0 saturated heterocycles. The van der Waals surface area contributed by atoms with E-state index in [4.69, 9.17) is 5.73 Å². The van der Waals surface area contributed by atoms with Crippen molar-refractivity contribution in [1.82, 2.24) is 0 Å². The van der Waals surface area contributed by atoms with Gasteiger partial charge in [-0.3, -0.25) is 4.79 Å². The second-order valence-electron chi connectivity index (χ2n) is 2.93. The van der Waals surface area contributed by atoms with E-state index in [0.29, 0.717) is 12.3 Å². The Morgan fingerprint density at radius 1 is 1.75 bits per heavy atom. The highest BCUT2D eigenvalue weighted by Gasteiger charge is 2.18. The Bertz CT molecular complexity index is 222. The normalized spacial score (nSPS) is 17.5. The van der Waals surface area contributed by atoms with E-state index in [1.54, 1.807) is 0 Å². The highest BCUT2D eigenvalue weighted by Crippen LogP contribution is 2.27. The molecule has 0 aromatic rings. The molecule has 0 aromatic heterocycles. The molecule has 1 rings (SSSR count). The molecule has 66 valence electrons. The summed E-state index contributed by atoms with van der Waals surface area (Å²) in [4.78, 5) is 10.8. The van der Waals surface area contributed by atoms with Gasteiger partial charge in [-0.15, -0.1) is 5.92 Å². The molecule has 12 heavy (non-hydrogen) atoms. The number of rotatable bonds is 2. The smallest absolute Gasteiger partial charge is 0.323 e. The Morgan fingerprint density at radius 3 is 2.92 bits per heavy atom. The van der Waals surface area contributed by atoms with Gasteiger partial charge in [0.25, 0.3) is 0 Å². The first kappa shape index (κ1) is 9.08. The SMILES string of the molecule is COC(=O)C(N)CC#CC1CC1. The van der Waals surface area contributed by atoms with Gasteiger partial charge >= 0.3 is 5.97 Å². The summed E-state index contributed by atoms with van der Waals surface area (Å²) >= 11 is 0. The van der Waals surface area contributed by atoms with Crippen molar-refractivity contribution in [3.8, 4) is 11.8 Å². The standard InChI is InChI=1S/C9H13NO2/c1-12-9(11)8(10)4-2-3-7-5-6-7/h7-8H,4-6,10H2,1H3. The van der Waals surface area contributed by atoms with Gasteiger partial charge in [-0.1, -0.05) is 5.92 Å². The Hall–Kier alpha value is -1.01. The molecule has 0 spiro atoms. The maximum absolute atomic E-state index is 10.8. The van der Waals surface area contributed by atoms with Gasteiger partial charge in [0.2, 0.25) is 0 Å². The fourth-order valence-corrected chi connectivity index (χ4v) is 0.776. The summed E-state index contributed by atoms with van der Waals surface area (Å²) in [6.45, 7) is 0. The van der Waals surface area contributed by atoms with Crippen LogP contribution in [0.25, 0.3) is 0 Å². The molecule has 1 aliphatic carbocycles. The lowest BCUT2D eigenvalue weighted by molar-refractivity contribution is -0.142. The molecule has 1 unspecified atom stereocenters. The zero-order valence-corrected chi connectivity index (χ0v) is 7.17. The number of ether oxygens (including phenoxy) is 1. The topological polar surface area (TPSA) is 52.3 Å². The minimum Gasteiger partial charge on any atom is -0.468 e. The van der Waals surface area contributed by atoms with E-state index in [1.165, 1.54) is 20.0 Å². The van der Waals surface area contributed by atoms with E-state index >= 15 is 0 Å². The quantitative estimate of drug-likeness (QED) is 0.475. The van der Waals surface area contributed by atoms with Crippen LogP contribution in [0.2, 0.25) is 0 Å². The molecule has 0 heterocycles. The van der Waals surface area contributed by atoms with Crippen LogP contribution in [0, 0.1) is 17.8 Å². The lowest BCUT2D eigenvalue weighted by atomic mass is 10.2. The Kier molecular flexibility index (Phi) is 3.12. The summed E-state index contributed by atoms with van der Waals surface area (Å²) in [7, 11) is 1.33. The van der Waals surface area contributed by atoms with Crippen molar-refractivity contribution < 1.29 is 9.53 Å². The van der Waals surface area contributed by atoms with E-state index in [0.717, 1.165) is 0 Å². The molecule has 0 aromatic carbocycles. The minimum absolute atomic E-state index is 0.389. The van der Waals surface area contributed by atoms with Gasteiger partial charge in [0.1, 0.15) is 6.04 Å². The van der Waals surface area contributed by atoms with Crippen molar-refractivity contribution in [1.29, 1.82) is 0 Å². The van der Waals surface area contributed by atoms with Crippen molar-refractivity contribution in [2.75, 3.05) is 7.11 Å². The summed E-state index contributed by atoms with van der Waals surface area (Å²) in [5.74, 6) is 6.09. The Labute approximate surface area is 72.3 Å². The average Bonchev–Trinajstić information content (AvgIpc) is 2.86. The zero-order valence-electron chi connectivity index (χ0n) is 7.17. The molecule has 2 N–H and O–H groups in total. The number of carbonyl (C=O) groups is 1. The zero-order chi connectivity index (χ0) is 8.97. The molecule has 3 heteroatoms. The number of carbonyl (C=O) groups excluding carboxylic acids is 1.